The second-order valence-electron chi connectivity index (χ2n) is 2.19. The molecule has 0 fully saturated rings. The SMILES string of the molecule is [c-]1nc(-c2ccccc2)co1. The number of aromatic nitrogens is 1. The maximum atomic E-state index is 4.73. The Balaban J connectivity index is 2.46. The van der Waals surface area contributed by atoms with Crippen molar-refractivity contribution in [1.29, 1.82) is 0 Å². The van der Waals surface area contributed by atoms with Crippen LogP contribution in [0.4, 0.5) is 0 Å². The van der Waals surface area contributed by atoms with E-state index in [1.165, 1.54) is 0 Å². The van der Waals surface area contributed by atoms with Gasteiger partial charge in [0, 0.05) is 0 Å². The van der Waals surface area contributed by atoms with E-state index in [-0.39, 0.29) is 0 Å². The molecule has 0 bridgehead atoms. The molecule has 1 heterocycles. The van der Waals surface area contributed by atoms with Crippen LogP contribution < -0.4 is 0 Å². The van der Waals surface area contributed by atoms with Gasteiger partial charge < -0.3 is 9.40 Å². The second-order valence-corrected chi connectivity index (χ2v) is 2.19. The van der Waals surface area contributed by atoms with E-state index in [9.17, 15) is 0 Å². The standard InChI is InChI=1S/C9H6NO/c1-2-4-8(5-3-1)9-6-11-7-10-9/h1-6H/q-1. The quantitative estimate of drug-likeness (QED) is 0.573. The average molecular weight is 144 g/mol. The van der Waals surface area contributed by atoms with Crippen molar-refractivity contribution < 1.29 is 4.42 Å². The summed E-state index contributed by atoms with van der Waals surface area (Å²) < 4.78 is 4.73. The van der Waals surface area contributed by atoms with Crippen LogP contribution in [0.25, 0.3) is 11.3 Å². The molecule has 0 saturated heterocycles. The minimum atomic E-state index is 0.825. The van der Waals surface area contributed by atoms with Crippen molar-refractivity contribution in [2.24, 2.45) is 0 Å². The van der Waals surface area contributed by atoms with Crippen LogP contribution in [0.3, 0.4) is 0 Å². The van der Waals surface area contributed by atoms with Crippen molar-refractivity contribution >= 4 is 0 Å². The molecule has 0 spiro atoms. The molecule has 0 amide bonds. The van der Waals surface area contributed by atoms with Gasteiger partial charge in [-0.3, -0.25) is 0 Å². The number of rotatable bonds is 1. The Hall–Kier alpha value is -1.57. The van der Waals surface area contributed by atoms with Crippen molar-refractivity contribution in [3.05, 3.63) is 43.0 Å². The van der Waals surface area contributed by atoms with Gasteiger partial charge in [0.05, 0.1) is 0 Å². The highest BCUT2D eigenvalue weighted by Gasteiger charge is 1.87. The van der Waals surface area contributed by atoms with Crippen molar-refractivity contribution in [2.45, 2.75) is 0 Å². The van der Waals surface area contributed by atoms with E-state index in [0.717, 1.165) is 11.3 Å². The third kappa shape index (κ3) is 1.15. The number of benzene rings is 1. The molecule has 0 saturated carbocycles. The minimum Gasteiger partial charge on any atom is -0.581 e. The summed E-state index contributed by atoms with van der Waals surface area (Å²) in [6.07, 6.45) is 3.98. The highest BCUT2D eigenvalue weighted by atomic mass is 16.3. The molecule has 11 heavy (non-hydrogen) atoms. The molecule has 0 aliphatic rings. The number of hydrogen-bond donors (Lipinski definition) is 0. The van der Waals surface area contributed by atoms with Crippen molar-refractivity contribution in [1.82, 2.24) is 4.98 Å². The van der Waals surface area contributed by atoms with Gasteiger partial charge in [-0.15, -0.1) is 0 Å². The molecule has 54 valence electrons. The van der Waals surface area contributed by atoms with Gasteiger partial charge in [-0.05, 0) is 12.0 Å². The molecule has 0 unspecified atom stereocenters. The van der Waals surface area contributed by atoms with E-state index in [1.54, 1.807) is 6.26 Å². The van der Waals surface area contributed by atoms with E-state index >= 15 is 0 Å². The highest BCUT2D eigenvalue weighted by Crippen LogP contribution is 2.14. The van der Waals surface area contributed by atoms with Crippen molar-refractivity contribution in [2.75, 3.05) is 0 Å². The summed E-state index contributed by atoms with van der Waals surface area (Å²) in [5, 5.41) is 0. The summed E-state index contributed by atoms with van der Waals surface area (Å²) in [5.74, 6) is 0. The maximum absolute atomic E-state index is 4.73. The van der Waals surface area contributed by atoms with Crippen LogP contribution in [0.1, 0.15) is 0 Å². The van der Waals surface area contributed by atoms with Crippen LogP contribution in [0.15, 0.2) is 41.0 Å². The first kappa shape index (κ1) is 6.16. The van der Waals surface area contributed by atoms with E-state index in [2.05, 4.69) is 11.4 Å². The minimum absolute atomic E-state index is 0.825. The van der Waals surface area contributed by atoms with E-state index < -0.39 is 0 Å². The van der Waals surface area contributed by atoms with Crippen LogP contribution in [-0.4, -0.2) is 4.98 Å². The Kier molecular flexibility index (Phi) is 1.44. The lowest BCUT2D eigenvalue weighted by atomic mass is 10.2. The van der Waals surface area contributed by atoms with Gasteiger partial charge in [-0.2, -0.15) is 0 Å². The third-order valence-electron chi connectivity index (χ3n) is 1.46. The van der Waals surface area contributed by atoms with Crippen molar-refractivity contribution in [3.63, 3.8) is 0 Å². The predicted molar refractivity (Wildman–Crippen MR) is 40.8 cm³/mol. The Morgan fingerprint density at radius 1 is 1.18 bits per heavy atom. The normalized spacial score (nSPS) is 9.82. The summed E-state index contributed by atoms with van der Waals surface area (Å²) in [7, 11) is 0. The number of hydrogen-bond acceptors (Lipinski definition) is 2. The van der Waals surface area contributed by atoms with Crippen LogP contribution in [-0.2, 0) is 0 Å². The lowest BCUT2D eigenvalue weighted by Gasteiger charge is -1.98. The Morgan fingerprint density at radius 2 is 2.00 bits per heavy atom. The molecule has 0 radical (unpaired) electrons. The molecular weight excluding hydrogens is 138 g/mol. The molecule has 2 nitrogen and oxygen atoms in total. The average Bonchev–Trinajstić information content (AvgIpc) is 2.58. The first-order valence-corrected chi connectivity index (χ1v) is 3.34. The predicted octanol–water partition coefficient (Wildman–Crippen LogP) is 2.14. The van der Waals surface area contributed by atoms with Gasteiger partial charge in [-0.25, -0.2) is 0 Å². The summed E-state index contributed by atoms with van der Waals surface area (Å²) in [6.45, 7) is 0. The van der Waals surface area contributed by atoms with Crippen molar-refractivity contribution in [3.8, 4) is 11.3 Å². The van der Waals surface area contributed by atoms with Crippen LogP contribution in [0.2, 0.25) is 0 Å². The Bertz CT molecular complexity index is 313. The van der Waals surface area contributed by atoms with Gasteiger partial charge in [0.2, 0.25) is 0 Å². The molecule has 2 heteroatoms. The molecule has 0 N–H and O–H groups in total. The molecule has 1 aromatic heterocycles. The van der Waals surface area contributed by atoms with Gasteiger partial charge in [0.25, 0.3) is 0 Å². The summed E-state index contributed by atoms with van der Waals surface area (Å²) in [5.41, 5.74) is 1.88. The molecule has 1 aromatic carbocycles. The summed E-state index contributed by atoms with van der Waals surface area (Å²) in [4.78, 5) is 3.89. The fourth-order valence-electron chi connectivity index (χ4n) is 0.926. The molecule has 0 aliphatic carbocycles. The summed E-state index contributed by atoms with van der Waals surface area (Å²) >= 11 is 0. The van der Waals surface area contributed by atoms with Gasteiger partial charge in [-0.1, -0.05) is 35.9 Å². The first-order chi connectivity index (χ1) is 5.47. The number of oxazole rings is 1. The first-order valence-electron chi connectivity index (χ1n) is 3.34. The van der Waals surface area contributed by atoms with Crippen LogP contribution >= 0.6 is 0 Å². The number of nitrogens with zero attached hydrogens (tertiary/aromatic N) is 1. The maximum Gasteiger partial charge on any atom is 0.102 e. The van der Waals surface area contributed by atoms with E-state index in [4.69, 9.17) is 4.42 Å². The van der Waals surface area contributed by atoms with Gasteiger partial charge in [0.15, 0.2) is 0 Å². The zero-order valence-corrected chi connectivity index (χ0v) is 5.82. The van der Waals surface area contributed by atoms with Gasteiger partial charge >= 0.3 is 0 Å². The summed E-state index contributed by atoms with van der Waals surface area (Å²) in [6, 6.07) is 9.85. The van der Waals surface area contributed by atoms with Gasteiger partial charge in [0.1, 0.15) is 6.39 Å². The Labute approximate surface area is 64.5 Å². The second kappa shape index (κ2) is 2.58. The highest BCUT2D eigenvalue weighted by molar-refractivity contribution is 5.56. The topological polar surface area (TPSA) is 26.0 Å². The lowest BCUT2D eigenvalue weighted by Crippen LogP contribution is -1.73. The zero-order valence-electron chi connectivity index (χ0n) is 5.82. The van der Waals surface area contributed by atoms with Crippen LogP contribution in [0, 0.1) is 6.39 Å². The molecule has 2 rings (SSSR count). The monoisotopic (exact) mass is 144 g/mol. The fraction of sp³-hybridized carbons (Fsp3) is 0. The van der Waals surface area contributed by atoms with E-state index in [1.807, 2.05) is 30.3 Å². The molecular formula is C9H6NO-. The fourth-order valence-corrected chi connectivity index (χ4v) is 0.926. The smallest absolute Gasteiger partial charge is 0.102 e. The van der Waals surface area contributed by atoms with E-state index in [0.29, 0.717) is 0 Å². The molecule has 0 aliphatic heterocycles. The third-order valence-corrected chi connectivity index (χ3v) is 1.46. The van der Waals surface area contributed by atoms with Crippen LogP contribution in [0.5, 0.6) is 0 Å². The largest absolute Gasteiger partial charge is 0.581 e. The Morgan fingerprint density at radius 3 is 2.64 bits per heavy atom. The lowest BCUT2D eigenvalue weighted by molar-refractivity contribution is 0.548. The molecule has 2 aromatic rings. The molecule has 0 atom stereocenters. The zero-order chi connectivity index (χ0) is 7.52.